The van der Waals surface area contributed by atoms with Crippen molar-refractivity contribution in [2.45, 2.75) is 49.6 Å². The average molecular weight is 253 g/mol. The molecule has 4 aliphatic rings. The maximum absolute atomic E-state index is 6.56. The molecule has 1 heterocycles. The molecule has 0 aromatic carbocycles. The van der Waals surface area contributed by atoms with Gasteiger partial charge in [-0.05, 0) is 62.0 Å². The normalized spacial score (nSPS) is 47.6. The first-order valence-electron chi connectivity index (χ1n) is 6.44. The largest absolute Gasteiger partial charge is 0.325 e. The van der Waals surface area contributed by atoms with Crippen LogP contribution >= 0.6 is 11.6 Å². The molecule has 0 saturated heterocycles. The Hall–Kier alpha value is -0.610. The van der Waals surface area contributed by atoms with Crippen molar-refractivity contribution in [3.05, 3.63) is 11.6 Å². The minimum absolute atomic E-state index is 0.0442. The number of aromatic nitrogens is 3. The Balaban J connectivity index is 1.79. The van der Waals surface area contributed by atoms with E-state index in [1.807, 2.05) is 4.68 Å². The van der Waals surface area contributed by atoms with Crippen molar-refractivity contribution in [1.82, 2.24) is 14.8 Å². The second-order valence-corrected chi connectivity index (χ2v) is 6.84. The van der Waals surface area contributed by atoms with Crippen LogP contribution in [-0.2, 0) is 5.54 Å². The first-order chi connectivity index (χ1) is 8.07. The number of rotatable bonds is 1. The van der Waals surface area contributed by atoms with Gasteiger partial charge >= 0.3 is 0 Å². The zero-order chi connectivity index (χ0) is 11.7. The molecule has 2 atom stereocenters. The van der Waals surface area contributed by atoms with Gasteiger partial charge in [0.15, 0.2) is 0 Å². The molecule has 17 heavy (non-hydrogen) atoms. The molecule has 0 spiro atoms. The fraction of sp³-hybridized carbons (Fsp3) is 0.833. The lowest BCUT2D eigenvalue weighted by molar-refractivity contribution is -0.0636. The molecule has 5 rings (SSSR count). The van der Waals surface area contributed by atoms with Crippen molar-refractivity contribution in [3.63, 3.8) is 0 Å². The Kier molecular flexibility index (Phi) is 1.84. The van der Waals surface area contributed by atoms with E-state index in [1.54, 1.807) is 6.33 Å². The Morgan fingerprint density at radius 2 is 2.00 bits per heavy atom. The topological polar surface area (TPSA) is 56.7 Å². The van der Waals surface area contributed by atoms with Crippen LogP contribution in [0.5, 0.6) is 0 Å². The summed E-state index contributed by atoms with van der Waals surface area (Å²) in [5, 5.41) is 4.70. The van der Waals surface area contributed by atoms with E-state index in [2.05, 4.69) is 10.1 Å². The van der Waals surface area contributed by atoms with Crippen LogP contribution in [0.2, 0.25) is 5.28 Å². The highest BCUT2D eigenvalue weighted by Crippen LogP contribution is 2.59. The highest BCUT2D eigenvalue weighted by Gasteiger charge is 2.57. The van der Waals surface area contributed by atoms with E-state index in [9.17, 15) is 0 Å². The maximum Gasteiger partial charge on any atom is 0.242 e. The fourth-order valence-electron chi connectivity index (χ4n) is 5.02. The molecule has 0 amide bonds. The van der Waals surface area contributed by atoms with Crippen LogP contribution in [0.25, 0.3) is 0 Å². The van der Waals surface area contributed by atoms with Crippen molar-refractivity contribution in [3.8, 4) is 0 Å². The molecule has 1 aromatic heterocycles. The third-order valence-corrected chi connectivity index (χ3v) is 5.20. The monoisotopic (exact) mass is 252 g/mol. The van der Waals surface area contributed by atoms with Gasteiger partial charge in [0, 0.05) is 5.54 Å². The van der Waals surface area contributed by atoms with Crippen LogP contribution in [0.1, 0.15) is 38.5 Å². The Labute approximate surface area is 106 Å². The van der Waals surface area contributed by atoms with Crippen molar-refractivity contribution >= 4 is 11.6 Å². The lowest BCUT2D eigenvalue weighted by Gasteiger charge is -2.60. The first kappa shape index (κ1) is 10.3. The molecule has 5 heteroatoms. The summed E-state index contributed by atoms with van der Waals surface area (Å²) in [6.45, 7) is 0. The average Bonchev–Trinajstić information content (AvgIpc) is 2.61. The smallest absolute Gasteiger partial charge is 0.242 e. The molecule has 2 unspecified atom stereocenters. The Bertz CT molecular complexity index is 455. The molecular weight excluding hydrogens is 236 g/mol. The van der Waals surface area contributed by atoms with Gasteiger partial charge in [0.2, 0.25) is 5.28 Å². The summed E-state index contributed by atoms with van der Waals surface area (Å²) in [7, 11) is 0. The van der Waals surface area contributed by atoms with Gasteiger partial charge in [0.25, 0.3) is 0 Å². The molecule has 4 fully saturated rings. The van der Waals surface area contributed by atoms with Gasteiger partial charge in [0.05, 0.1) is 5.54 Å². The lowest BCUT2D eigenvalue weighted by Crippen LogP contribution is -2.63. The lowest BCUT2D eigenvalue weighted by atomic mass is 9.50. The highest BCUT2D eigenvalue weighted by molar-refractivity contribution is 6.28. The molecule has 4 aliphatic carbocycles. The third kappa shape index (κ3) is 1.40. The Morgan fingerprint density at radius 1 is 1.29 bits per heavy atom. The summed E-state index contributed by atoms with van der Waals surface area (Å²) >= 11 is 5.86. The zero-order valence-corrected chi connectivity index (χ0v) is 10.5. The van der Waals surface area contributed by atoms with E-state index < -0.39 is 0 Å². The molecular formula is C12H17ClN4. The van der Waals surface area contributed by atoms with Crippen LogP contribution < -0.4 is 5.73 Å². The first-order valence-corrected chi connectivity index (χ1v) is 6.81. The number of nitrogens with two attached hydrogens (primary N) is 1. The van der Waals surface area contributed by atoms with Crippen molar-refractivity contribution in [2.24, 2.45) is 17.6 Å². The third-order valence-electron chi connectivity index (χ3n) is 5.03. The number of halogens is 1. The van der Waals surface area contributed by atoms with E-state index in [0.717, 1.165) is 18.3 Å². The van der Waals surface area contributed by atoms with Crippen LogP contribution in [-0.4, -0.2) is 20.3 Å². The van der Waals surface area contributed by atoms with Crippen molar-refractivity contribution < 1.29 is 0 Å². The van der Waals surface area contributed by atoms with E-state index in [1.165, 1.54) is 32.1 Å². The fourth-order valence-corrected chi connectivity index (χ4v) is 5.15. The number of hydrogen-bond donors (Lipinski definition) is 1. The second-order valence-electron chi connectivity index (χ2n) is 6.51. The van der Waals surface area contributed by atoms with Crippen LogP contribution in [0.15, 0.2) is 6.33 Å². The van der Waals surface area contributed by atoms with Crippen LogP contribution in [0, 0.1) is 11.8 Å². The van der Waals surface area contributed by atoms with Gasteiger partial charge in [-0.25, -0.2) is 9.67 Å². The van der Waals surface area contributed by atoms with E-state index in [4.69, 9.17) is 17.3 Å². The SMILES string of the molecule is NC12CC3CC(C1)CC(n1cnc(Cl)n1)(C3)C2. The summed E-state index contributed by atoms with van der Waals surface area (Å²) < 4.78 is 2.01. The van der Waals surface area contributed by atoms with Gasteiger partial charge < -0.3 is 5.73 Å². The second kappa shape index (κ2) is 3.04. The van der Waals surface area contributed by atoms with Gasteiger partial charge in [-0.3, -0.25) is 0 Å². The summed E-state index contributed by atoms with van der Waals surface area (Å²) in [5.74, 6) is 1.56. The molecule has 0 aliphatic heterocycles. The maximum atomic E-state index is 6.56. The van der Waals surface area contributed by atoms with Crippen LogP contribution in [0.3, 0.4) is 0 Å². The van der Waals surface area contributed by atoms with Crippen molar-refractivity contribution in [1.29, 1.82) is 0 Å². The van der Waals surface area contributed by atoms with E-state index in [0.29, 0.717) is 5.28 Å². The van der Waals surface area contributed by atoms with Crippen molar-refractivity contribution in [2.75, 3.05) is 0 Å². The summed E-state index contributed by atoms with van der Waals surface area (Å²) in [6.07, 6.45) is 9.03. The summed E-state index contributed by atoms with van der Waals surface area (Å²) in [6, 6.07) is 0. The Morgan fingerprint density at radius 3 is 2.53 bits per heavy atom. The van der Waals surface area contributed by atoms with E-state index in [-0.39, 0.29) is 11.1 Å². The molecule has 92 valence electrons. The van der Waals surface area contributed by atoms with Gasteiger partial charge in [-0.2, -0.15) is 0 Å². The predicted octanol–water partition coefficient (Wildman–Crippen LogP) is 1.94. The molecule has 1 aromatic rings. The molecule has 4 nitrogen and oxygen atoms in total. The molecule has 2 N–H and O–H groups in total. The summed E-state index contributed by atoms with van der Waals surface area (Å²) in [5.41, 5.74) is 6.71. The minimum Gasteiger partial charge on any atom is -0.325 e. The number of nitrogens with zero attached hydrogens (tertiary/aromatic N) is 3. The quantitative estimate of drug-likeness (QED) is 0.831. The molecule has 0 radical (unpaired) electrons. The summed E-state index contributed by atoms with van der Waals surface area (Å²) in [4.78, 5) is 4.07. The van der Waals surface area contributed by atoms with Gasteiger partial charge in [-0.1, -0.05) is 0 Å². The minimum atomic E-state index is 0.0442. The number of hydrogen-bond acceptors (Lipinski definition) is 3. The predicted molar refractivity (Wildman–Crippen MR) is 64.6 cm³/mol. The standard InChI is InChI=1S/C12H17ClN4/c13-10-15-7-17(16-10)12-4-8-1-9(5-12)3-11(14,2-8)6-12/h7-9H,1-6,14H2. The van der Waals surface area contributed by atoms with E-state index >= 15 is 0 Å². The molecule has 4 saturated carbocycles. The molecule has 4 bridgehead atoms. The van der Waals surface area contributed by atoms with Crippen LogP contribution in [0.4, 0.5) is 0 Å². The highest BCUT2D eigenvalue weighted by atomic mass is 35.5. The van der Waals surface area contributed by atoms with Gasteiger partial charge in [0.1, 0.15) is 6.33 Å². The van der Waals surface area contributed by atoms with Gasteiger partial charge in [-0.15, -0.1) is 5.10 Å². The zero-order valence-electron chi connectivity index (χ0n) is 9.77.